The van der Waals surface area contributed by atoms with E-state index in [1.807, 2.05) is 19.1 Å². The Morgan fingerprint density at radius 3 is 2.74 bits per heavy atom. The zero-order valence-corrected chi connectivity index (χ0v) is 15.7. The molecule has 0 spiro atoms. The van der Waals surface area contributed by atoms with Crippen LogP contribution < -0.4 is 15.7 Å². The van der Waals surface area contributed by atoms with Gasteiger partial charge in [0.05, 0.1) is 5.02 Å². The third-order valence-electron chi connectivity index (χ3n) is 4.15. The summed E-state index contributed by atoms with van der Waals surface area (Å²) in [5.74, 6) is -0.00105. The Hall–Kier alpha value is -2.86. The monoisotopic (exact) mass is 386 g/mol. The van der Waals surface area contributed by atoms with Gasteiger partial charge in [-0.1, -0.05) is 18.5 Å². The number of fused-ring (bicyclic) bond motifs is 1. The molecule has 0 radical (unpaired) electrons. The summed E-state index contributed by atoms with van der Waals surface area (Å²) in [4.78, 5) is 27.9. The Labute approximate surface area is 161 Å². The number of carbonyl (C=O) groups is 1. The second kappa shape index (κ2) is 8.22. The number of carbonyl (C=O) groups excluding carboxylic acids is 1. The second-order valence-electron chi connectivity index (χ2n) is 6.06. The van der Waals surface area contributed by atoms with Gasteiger partial charge in [-0.2, -0.15) is 0 Å². The maximum atomic E-state index is 12.3. The summed E-state index contributed by atoms with van der Waals surface area (Å²) in [6, 6.07) is 8.33. The number of aryl methyl sites for hydroxylation is 1. The SMILES string of the molecule is CCc1cc(=O)oc2cc(O[C@H](C)C(=O)NCc3ccncc3)c(Cl)cc12. The van der Waals surface area contributed by atoms with E-state index in [1.165, 1.54) is 6.07 Å². The van der Waals surface area contributed by atoms with E-state index in [9.17, 15) is 9.59 Å². The highest BCUT2D eigenvalue weighted by Gasteiger charge is 2.17. The highest BCUT2D eigenvalue weighted by molar-refractivity contribution is 6.32. The average molecular weight is 387 g/mol. The molecule has 0 unspecified atom stereocenters. The minimum absolute atomic E-state index is 0.284. The predicted molar refractivity (Wildman–Crippen MR) is 103 cm³/mol. The molecule has 3 rings (SSSR count). The number of hydrogen-bond donors (Lipinski definition) is 1. The fourth-order valence-electron chi connectivity index (χ4n) is 2.69. The van der Waals surface area contributed by atoms with E-state index in [1.54, 1.807) is 31.5 Å². The summed E-state index contributed by atoms with van der Waals surface area (Å²) in [6.07, 6.45) is 3.22. The van der Waals surface area contributed by atoms with Crippen LogP contribution in [0, 0.1) is 0 Å². The topological polar surface area (TPSA) is 81.4 Å². The number of amides is 1. The van der Waals surface area contributed by atoms with Crippen LogP contribution in [0.1, 0.15) is 25.0 Å². The van der Waals surface area contributed by atoms with Gasteiger partial charge in [0, 0.05) is 36.5 Å². The van der Waals surface area contributed by atoms with Crippen molar-refractivity contribution in [1.82, 2.24) is 10.3 Å². The molecule has 3 aromatic rings. The quantitative estimate of drug-likeness (QED) is 0.656. The number of pyridine rings is 1. The van der Waals surface area contributed by atoms with Gasteiger partial charge in [-0.25, -0.2) is 4.79 Å². The van der Waals surface area contributed by atoms with Crippen molar-refractivity contribution in [2.45, 2.75) is 32.9 Å². The first-order chi connectivity index (χ1) is 13.0. The number of hydrogen-bond acceptors (Lipinski definition) is 5. The summed E-state index contributed by atoms with van der Waals surface area (Å²) in [5, 5.41) is 3.90. The largest absolute Gasteiger partial charge is 0.479 e. The molecule has 1 N–H and O–H groups in total. The van der Waals surface area contributed by atoms with Crippen molar-refractivity contribution in [3.05, 3.63) is 69.3 Å². The number of nitrogens with one attached hydrogen (secondary N) is 1. The molecule has 0 saturated heterocycles. The van der Waals surface area contributed by atoms with Crippen molar-refractivity contribution in [2.75, 3.05) is 0 Å². The van der Waals surface area contributed by atoms with Gasteiger partial charge < -0.3 is 14.5 Å². The number of benzene rings is 1. The van der Waals surface area contributed by atoms with Crippen LogP contribution in [0.25, 0.3) is 11.0 Å². The van der Waals surface area contributed by atoms with Crippen molar-refractivity contribution >= 4 is 28.5 Å². The van der Waals surface area contributed by atoms with E-state index in [2.05, 4.69) is 10.3 Å². The van der Waals surface area contributed by atoms with Crippen LogP contribution in [-0.4, -0.2) is 17.0 Å². The number of halogens is 1. The Kier molecular flexibility index (Phi) is 5.76. The van der Waals surface area contributed by atoms with E-state index in [0.717, 1.165) is 16.5 Å². The molecule has 0 aliphatic rings. The van der Waals surface area contributed by atoms with Crippen LogP contribution in [0.3, 0.4) is 0 Å². The van der Waals surface area contributed by atoms with Crippen LogP contribution in [-0.2, 0) is 17.8 Å². The van der Waals surface area contributed by atoms with Gasteiger partial charge in [0.1, 0.15) is 11.3 Å². The lowest BCUT2D eigenvalue weighted by Crippen LogP contribution is -2.35. The van der Waals surface area contributed by atoms with Crippen molar-refractivity contribution in [2.24, 2.45) is 0 Å². The standard InChI is InChI=1S/C20H19ClN2O4/c1-3-14-8-19(24)27-17-10-18(16(21)9-15(14)17)26-12(2)20(25)23-11-13-4-6-22-7-5-13/h4-10,12H,3,11H2,1-2H3,(H,23,25)/t12-/m1/s1. The normalized spacial score (nSPS) is 12.0. The van der Waals surface area contributed by atoms with Gasteiger partial charge in [-0.3, -0.25) is 9.78 Å². The number of aromatic nitrogens is 1. The summed E-state index contributed by atoms with van der Waals surface area (Å²) in [5.41, 5.74) is 1.72. The molecule has 0 bridgehead atoms. The maximum Gasteiger partial charge on any atom is 0.336 e. The summed E-state index contributed by atoms with van der Waals surface area (Å²) < 4.78 is 10.9. The first kappa shape index (κ1) is 18.9. The number of nitrogens with zero attached hydrogens (tertiary/aromatic N) is 1. The Bertz CT molecular complexity index is 1020. The van der Waals surface area contributed by atoms with Gasteiger partial charge in [0.25, 0.3) is 5.91 Å². The lowest BCUT2D eigenvalue weighted by atomic mass is 10.1. The fraction of sp³-hybridized carbons (Fsp3) is 0.250. The summed E-state index contributed by atoms with van der Waals surface area (Å²) in [6.45, 7) is 3.94. The van der Waals surface area contributed by atoms with Crippen LogP contribution in [0.5, 0.6) is 5.75 Å². The molecule has 0 fully saturated rings. The minimum Gasteiger partial charge on any atom is -0.479 e. The molecule has 0 saturated carbocycles. The zero-order valence-electron chi connectivity index (χ0n) is 15.0. The molecule has 2 aromatic heterocycles. The molecular weight excluding hydrogens is 368 g/mol. The Balaban J connectivity index is 1.76. The summed E-state index contributed by atoms with van der Waals surface area (Å²) in [7, 11) is 0. The van der Waals surface area contributed by atoms with Crippen LogP contribution in [0.4, 0.5) is 0 Å². The first-order valence-electron chi connectivity index (χ1n) is 8.57. The van der Waals surface area contributed by atoms with Crippen LogP contribution in [0.2, 0.25) is 5.02 Å². The van der Waals surface area contributed by atoms with Crippen molar-refractivity contribution in [1.29, 1.82) is 0 Å². The smallest absolute Gasteiger partial charge is 0.336 e. The third-order valence-corrected chi connectivity index (χ3v) is 4.45. The lowest BCUT2D eigenvalue weighted by Gasteiger charge is -2.16. The van der Waals surface area contributed by atoms with E-state index < -0.39 is 11.7 Å². The predicted octanol–water partition coefficient (Wildman–Crippen LogP) is 3.49. The van der Waals surface area contributed by atoms with Gasteiger partial charge in [0.15, 0.2) is 6.10 Å². The van der Waals surface area contributed by atoms with E-state index >= 15 is 0 Å². The Morgan fingerprint density at radius 2 is 2.04 bits per heavy atom. The minimum atomic E-state index is -0.775. The third kappa shape index (κ3) is 4.46. The molecule has 6 nitrogen and oxygen atoms in total. The molecule has 7 heteroatoms. The van der Waals surface area contributed by atoms with Crippen LogP contribution >= 0.6 is 11.6 Å². The Morgan fingerprint density at radius 1 is 1.30 bits per heavy atom. The highest BCUT2D eigenvalue weighted by Crippen LogP contribution is 2.32. The van der Waals surface area contributed by atoms with Crippen LogP contribution in [0.15, 0.2) is 51.9 Å². The molecule has 140 valence electrons. The number of rotatable bonds is 6. The van der Waals surface area contributed by atoms with Crippen molar-refractivity contribution in [3.63, 3.8) is 0 Å². The number of ether oxygens (including phenoxy) is 1. The molecule has 1 aromatic carbocycles. The molecule has 1 amide bonds. The highest BCUT2D eigenvalue weighted by atomic mass is 35.5. The summed E-state index contributed by atoms with van der Waals surface area (Å²) >= 11 is 6.31. The molecule has 1 atom stereocenters. The van der Waals surface area contributed by atoms with E-state index in [0.29, 0.717) is 23.6 Å². The van der Waals surface area contributed by atoms with E-state index in [-0.39, 0.29) is 11.7 Å². The van der Waals surface area contributed by atoms with Gasteiger partial charge in [-0.05, 0) is 42.7 Å². The second-order valence-corrected chi connectivity index (χ2v) is 6.46. The molecule has 0 aliphatic heterocycles. The molecule has 27 heavy (non-hydrogen) atoms. The van der Waals surface area contributed by atoms with Gasteiger partial charge >= 0.3 is 5.63 Å². The van der Waals surface area contributed by atoms with Crippen molar-refractivity contribution in [3.8, 4) is 5.75 Å². The maximum absolute atomic E-state index is 12.3. The van der Waals surface area contributed by atoms with Crippen molar-refractivity contribution < 1.29 is 13.9 Å². The van der Waals surface area contributed by atoms with E-state index in [4.69, 9.17) is 20.8 Å². The van der Waals surface area contributed by atoms with Gasteiger partial charge in [-0.15, -0.1) is 0 Å². The molecule has 2 heterocycles. The first-order valence-corrected chi connectivity index (χ1v) is 8.95. The van der Waals surface area contributed by atoms with Gasteiger partial charge in [0.2, 0.25) is 0 Å². The average Bonchev–Trinajstić information content (AvgIpc) is 2.67. The molecular formula is C20H19ClN2O4. The fourth-order valence-corrected chi connectivity index (χ4v) is 2.90. The molecule has 0 aliphatic carbocycles. The zero-order chi connectivity index (χ0) is 19.4. The lowest BCUT2D eigenvalue weighted by molar-refractivity contribution is -0.127.